The Bertz CT molecular complexity index is 267. The number of ether oxygens (including phenoxy) is 1. The van der Waals surface area contributed by atoms with E-state index < -0.39 is 0 Å². The molecule has 1 N–H and O–H groups in total. The molecule has 2 saturated heterocycles. The summed E-state index contributed by atoms with van der Waals surface area (Å²) in [5.74, 6) is 0. The molecule has 0 spiro atoms. The molecule has 6 nitrogen and oxygen atoms in total. The smallest absolute Gasteiger partial charge is 0.293 e. The average molecular weight is 286 g/mol. The molecule has 2 aliphatic heterocycles. The number of carbonyl (C=O) groups excluding carboxylic acids is 1. The van der Waals surface area contributed by atoms with Gasteiger partial charge in [-0.05, 0) is 27.8 Å². The third-order valence-corrected chi connectivity index (χ3v) is 3.37. The van der Waals surface area contributed by atoms with Crippen LogP contribution in [0.1, 0.15) is 20.8 Å². The second-order valence-electron chi connectivity index (χ2n) is 6.29. The Morgan fingerprint density at radius 3 is 1.85 bits per heavy atom. The third-order valence-electron chi connectivity index (χ3n) is 3.37. The van der Waals surface area contributed by atoms with Crippen molar-refractivity contribution in [2.24, 2.45) is 0 Å². The summed E-state index contributed by atoms with van der Waals surface area (Å²) in [5, 5.41) is 8.40. The molecule has 20 heavy (non-hydrogen) atoms. The fourth-order valence-electron chi connectivity index (χ4n) is 2.16. The molecule has 0 aromatic carbocycles. The number of nitrogens with one attached hydrogen (secondary N) is 1. The first-order valence-corrected chi connectivity index (χ1v) is 7.43. The fourth-order valence-corrected chi connectivity index (χ4v) is 2.16. The van der Waals surface area contributed by atoms with Gasteiger partial charge in [-0.3, -0.25) is 4.79 Å². The standard InChI is InChI=1S/C9H20N4.C5H10O2/c1-11-6-8-13(9-7-11)12-4-2-10-3-5-12;1-5(2,3)7-4-6/h10H,2-9H2,1H3;4H,1-3H3. The van der Waals surface area contributed by atoms with Gasteiger partial charge in [-0.25, -0.2) is 10.0 Å². The van der Waals surface area contributed by atoms with Gasteiger partial charge < -0.3 is 15.0 Å². The maximum absolute atomic E-state index is 9.60. The monoisotopic (exact) mass is 286 g/mol. The van der Waals surface area contributed by atoms with Crippen LogP contribution in [0, 0.1) is 0 Å². The first-order valence-electron chi connectivity index (χ1n) is 7.43. The molecule has 2 aliphatic rings. The zero-order chi connectivity index (χ0) is 15.0. The van der Waals surface area contributed by atoms with Gasteiger partial charge >= 0.3 is 0 Å². The zero-order valence-electron chi connectivity index (χ0n) is 13.4. The van der Waals surface area contributed by atoms with Crippen LogP contribution in [0.25, 0.3) is 0 Å². The van der Waals surface area contributed by atoms with E-state index in [1.54, 1.807) is 0 Å². The lowest BCUT2D eigenvalue weighted by Crippen LogP contribution is -2.57. The minimum Gasteiger partial charge on any atom is -0.462 e. The van der Waals surface area contributed by atoms with Crippen LogP contribution >= 0.6 is 0 Å². The summed E-state index contributed by atoms with van der Waals surface area (Å²) in [4.78, 5) is 12.0. The van der Waals surface area contributed by atoms with E-state index >= 15 is 0 Å². The van der Waals surface area contributed by atoms with Crippen molar-refractivity contribution in [3.05, 3.63) is 0 Å². The van der Waals surface area contributed by atoms with Crippen LogP contribution in [0.15, 0.2) is 0 Å². The largest absolute Gasteiger partial charge is 0.462 e. The van der Waals surface area contributed by atoms with E-state index in [4.69, 9.17) is 0 Å². The van der Waals surface area contributed by atoms with E-state index in [-0.39, 0.29) is 5.60 Å². The van der Waals surface area contributed by atoms with Crippen LogP contribution in [-0.4, -0.2) is 86.4 Å². The van der Waals surface area contributed by atoms with Crippen molar-refractivity contribution in [2.45, 2.75) is 26.4 Å². The lowest BCUT2D eigenvalue weighted by atomic mass is 10.2. The summed E-state index contributed by atoms with van der Waals surface area (Å²) >= 11 is 0. The molecule has 0 radical (unpaired) electrons. The Balaban J connectivity index is 0.000000246. The van der Waals surface area contributed by atoms with Crippen LogP contribution in [0.5, 0.6) is 0 Å². The molecule has 0 saturated carbocycles. The number of hydrazine groups is 1. The van der Waals surface area contributed by atoms with Crippen molar-refractivity contribution in [1.29, 1.82) is 0 Å². The predicted molar refractivity (Wildman–Crippen MR) is 80.4 cm³/mol. The number of rotatable bonds is 2. The van der Waals surface area contributed by atoms with Crippen molar-refractivity contribution < 1.29 is 9.53 Å². The van der Waals surface area contributed by atoms with E-state index in [1.807, 2.05) is 20.8 Å². The Morgan fingerprint density at radius 2 is 1.45 bits per heavy atom. The van der Waals surface area contributed by atoms with E-state index in [0.717, 1.165) is 13.1 Å². The van der Waals surface area contributed by atoms with Crippen LogP contribution in [0.4, 0.5) is 0 Å². The predicted octanol–water partition coefficient (Wildman–Crippen LogP) is 0.0119. The number of hydrogen-bond donors (Lipinski definition) is 1. The fraction of sp³-hybridized carbons (Fsp3) is 0.929. The van der Waals surface area contributed by atoms with Gasteiger partial charge in [0.1, 0.15) is 5.60 Å². The third kappa shape index (κ3) is 7.19. The maximum atomic E-state index is 9.60. The van der Waals surface area contributed by atoms with Gasteiger partial charge in [-0.1, -0.05) is 0 Å². The summed E-state index contributed by atoms with van der Waals surface area (Å²) in [6.07, 6.45) is 0. The Morgan fingerprint density at radius 1 is 0.950 bits per heavy atom. The highest BCUT2D eigenvalue weighted by molar-refractivity contribution is 5.37. The number of piperazine rings is 2. The number of carbonyl (C=O) groups is 1. The van der Waals surface area contributed by atoms with Gasteiger partial charge in [0.05, 0.1) is 0 Å². The summed E-state index contributed by atoms with van der Waals surface area (Å²) in [5.41, 5.74) is -0.318. The number of hydrogen-bond acceptors (Lipinski definition) is 6. The van der Waals surface area contributed by atoms with Crippen molar-refractivity contribution in [3.8, 4) is 0 Å². The van der Waals surface area contributed by atoms with Crippen molar-refractivity contribution in [1.82, 2.24) is 20.2 Å². The molecule has 118 valence electrons. The second kappa shape index (κ2) is 8.56. The quantitative estimate of drug-likeness (QED) is 0.722. The number of likely N-dealkylation sites (N-methyl/N-ethyl adjacent to an activating group) is 1. The molecule has 2 rings (SSSR count). The highest BCUT2D eigenvalue weighted by atomic mass is 16.5. The molecule has 0 atom stereocenters. The Kier molecular flexibility index (Phi) is 7.43. The summed E-state index contributed by atoms with van der Waals surface area (Å²) < 4.78 is 4.55. The molecule has 0 aliphatic carbocycles. The van der Waals surface area contributed by atoms with Crippen molar-refractivity contribution in [2.75, 3.05) is 59.4 Å². The molecular formula is C14H30N4O2. The molecule has 0 aromatic heterocycles. The summed E-state index contributed by atoms with van der Waals surface area (Å²) in [6.45, 7) is 15.4. The first-order chi connectivity index (χ1) is 9.42. The molecule has 0 aromatic rings. The van der Waals surface area contributed by atoms with Gasteiger partial charge in [-0.15, -0.1) is 0 Å². The first kappa shape index (κ1) is 17.4. The average Bonchev–Trinajstić information content (AvgIpc) is 2.40. The molecule has 2 heterocycles. The maximum Gasteiger partial charge on any atom is 0.293 e. The van der Waals surface area contributed by atoms with Crippen LogP contribution in [-0.2, 0) is 9.53 Å². The second-order valence-corrected chi connectivity index (χ2v) is 6.29. The highest BCUT2D eigenvalue weighted by Gasteiger charge is 2.21. The summed E-state index contributed by atoms with van der Waals surface area (Å²) in [7, 11) is 2.20. The van der Waals surface area contributed by atoms with Crippen LogP contribution in [0.3, 0.4) is 0 Å². The lowest BCUT2D eigenvalue weighted by molar-refractivity contribution is -0.138. The molecule has 0 bridgehead atoms. The lowest BCUT2D eigenvalue weighted by Gasteiger charge is -2.41. The Labute approximate surface area is 123 Å². The van der Waals surface area contributed by atoms with Gasteiger partial charge in [0.2, 0.25) is 0 Å². The number of nitrogens with zero attached hydrogens (tertiary/aromatic N) is 3. The van der Waals surface area contributed by atoms with E-state index in [2.05, 4.69) is 32.0 Å². The normalized spacial score (nSPS) is 22.8. The van der Waals surface area contributed by atoms with Gasteiger partial charge in [-0.2, -0.15) is 0 Å². The minimum absolute atomic E-state index is 0.318. The zero-order valence-corrected chi connectivity index (χ0v) is 13.4. The topological polar surface area (TPSA) is 48.1 Å². The summed E-state index contributed by atoms with van der Waals surface area (Å²) in [6, 6.07) is 0. The van der Waals surface area contributed by atoms with E-state index in [9.17, 15) is 4.79 Å². The van der Waals surface area contributed by atoms with Crippen molar-refractivity contribution in [3.63, 3.8) is 0 Å². The Hall–Kier alpha value is -0.690. The van der Waals surface area contributed by atoms with Crippen LogP contribution < -0.4 is 5.32 Å². The highest BCUT2D eigenvalue weighted by Crippen LogP contribution is 2.05. The van der Waals surface area contributed by atoms with Gasteiger partial charge in [0.25, 0.3) is 6.47 Å². The SMILES string of the molecule is CC(C)(C)OC=O.CN1CCN(N2CCNCC2)CC1. The van der Waals surface area contributed by atoms with E-state index in [1.165, 1.54) is 39.3 Å². The van der Waals surface area contributed by atoms with Gasteiger partial charge in [0.15, 0.2) is 0 Å². The van der Waals surface area contributed by atoms with Crippen LogP contribution in [0.2, 0.25) is 0 Å². The molecule has 6 heteroatoms. The van der Waals surface area contributed by atoms with Gasteiger partial charge in [0, 0.05) is 52.4 Å². The molecular weight excluding hydrogens is 256 g/mol. The van der Waals surface area contributed by atoms with E-state index in [0.29, 0.717) is 6.47 Å². The molecule has 0 unspecified atom stereocenters. The molecule has 2 fully saturated rings. The van der Waals surface area contributed by atoms with Crippen molar-refractivity contribution >= 4 is 6.47 Å². The molecule has 0 amide bonds. The minimum atomic E-state index is -0.318.